The Labute approximate surface area is 173 Å². The summed E-state index contributed by atoms with van der Waals surface area (Å²) < 4.78 is 27.0. The lowest BCUT2D eigenvalue weighted by molar-refractivity contribution is -0.116. The Hall–Kier alpha value is -2.38. The van der Waals surface area contributed by atoms with Crippen molar-refractivity contribution < 1.29 is 13.2 Å². The van der Waals surface area contributed by atoms with E-state index in [-0.39, 0.29) is 10.8 Å². The topological polar surface area (TPSA) is 78.5 Å². The molecule has 7 heteroatoms. The van der Waals surface area contributed by atoms with E-state index in [1.807, 2.05) is 26.0 Å². The summed E-state index contributed by atoms with van der Waals surface area (Å²) in [5.41, 5.74) is 3.73. The van der Waals surface area contributed by atoms with E-state index in [1.54, 1.807) is 35.5 Å². The van der Waals surface area contributed by atoms with E-state index in [4.69, 9.17) is 0 Å². The van der Waals surface area contributed by atoms with Crippen molar-refractivity contribution in [3.8, 4) is 0 Å². The Kier molecular flexibility index (Phi) is 6.59. The number of nitrogens with zero attached hydrogens (tertiary/aromatic N) is 1. The summed E-state index contributed by atoms with van der Waals surface area (Å²) in [4.78, 5) is 12.8. The zero-order valence-electron chi connectivity index (χ0n) is 17.2. The van der Waals surface area contributed by atoms with Gasteiger partial charge in [0.25, 0.3) is 0 Å². The van der Waals surface area contributed by atoms with Crippen LogP contribution in [-0.2, 0) is 14.8 Å². The van der Waals surface area contributed by atoms with Gasteiger partial charge in [0, 0.05) is 24.5 Å². The second-order valence-electron chi connectivity index (χ2n) is 7.72. The lowest BCUT2D eigenvalue weighted by Crippen LogP contribution is -2.35. The van der Waals surface area contributed by atoms with Crippen LogP contribution in [0.1, 0.15) is 37.3 Å². The Balaban J connectivity index is 1.63. The number of hydrogen-bond acceptors (Lipinski definition) is 4. The molecule has 0 unspecified atom stereocenters. The van der Waals surface area contributed by atoms with Crippen molar-refractivity contribution >= 4 is 27.3 Å². The Morgan fingerprint density at radius 1 is 0.931 bits per heavy atom. The standard InChI is InChI=1S/C22H29N3O3S/c1-16-13-17(2)15-20(14-16)23-18(3)22(26)24-19-7-9-21(10-8-19)29(27,28)25-11-5-4-6-12-25/h7-10,13-15,18,23H,4-6,11-12H2,1-3H3,(H,24,26)/t18-/m0/s1. The van der Waals surface area contributed by atoms with E-state index in [1.165, 1.54) is 0 Å². The molecule has 156 valence electrons. The zero-order chi connectivity index (χ0) is 21.0. The van der Waals surface area contributed by atoms with Gasteiger partial charge in [-0.3, -0.25) is 4.79 Å². The number of nitrogens with one attached hydrogen (secondary N) is 2. The Morgan fingerprint density at radius 2 is 1.52 bits per heavy atom. The molecule has 2 aromatic rings. The van der Waals surface area contributed by atoms with Crippen LogP contribution in [0.2, 0.25) is 0 Å². The number of carbonyl (C=O) groups is 1. The lowest BCUT2D eigenvalue weighted by Gasteiger charge is -2.25. The van der Waals surface area contributed by atoms with Crippen LogP contribution in [0.25, 0.3) is 0 Å². The van der Waals surface area contributed by atoms with Crippen molar-refractivity contribution in [1.29, 1.82) is 0 Å². The highest BCUT2D eigenvalue weighted by Crippen LogP contribution is 2.22. The summed E-state index contributed by atoms with van der Waals surface area (Å²) in [6.45, 7) is 6.97. The minimum atomic E-state index is -3.46. The van der Waals surface area contributed by atoms with Crippen LogP contribution in [-0.4, -0.2) is 37.8 Å². The Bertz CT molecular complexity index is 945. The van der Waals surface area contributed by atoms with Gasteiger partial charge in [0.1, 0.15) is 6.04 Å². The van der Waals surface area contributed by atoms with Crippen LogP contribution < -0.4 is 10.6 Å². The van der Waals surface area contributed by atoms with Gasteiger partial charge >= 0.3 is 0 Å². The number of piperidine rings is 1. The highest BCUT2D eigenvalue weighted by Gasteiger charge is 2.25. The molecular weight excluding hydrogens is 386 g/mol. The largest absolute Gasteiger partial charge is 0.374 e. The van der Waals surface area contributed by atoms with Gasteiger partial charge in [-0.25, -0.2) is 8.42 Å². The van der Waals surface area contributed by atoms with E-state index in [9.17, 15) is 13.2 Å². The van der Waals surface area contributed by atoms with Crippen LogP contribution in [0.3, 0.4) is 0 Å². The first-order chi connectivity index (χ1) is 13.8. The van der Waals surface area contributed by atoms with Gasteiger partial charge < -0.3 is 10.6 Å². The van der Waals surface area contributed by atoms with Crippen LogP contribution >= 0.6 is 0 Å². The van der Waals surface area contributed by atoms with Crippen LogP contribution in [0.5, 0.6) is 0 Å². The predicted molar refractivity (Wildman–Crippen MR) is 117 cm³/mol. The first kappa shape index (κ1) is 21.3. The second kappa shape index (κ2) is 8.97. The smallest absolute Gasteiger partial charge is 0.246 e. The van der Waals surface area contributed by atoms with E-state index >= 15 is 0 Å². The molecule has 3 rings (SSSR count). The molecule has 0 spiro atoms. The van der Waals surface area contributed by atoms with Crippen molar-refractivity contribution in [2.45, 2.75) is 51.0 Å². The molecular formula is C22H29N3O3S. The summed E-state index contributed by atoms with van der Waals surface area (Å²) in [6, 6.07) is 12.0. The van der Waals surface area contributed by atoms with E-state index in [0.717, 1.165) is 36.1 Å². The molecule has 0 bridgehead atoms. The molecule has 1 aliphatic heterocycles. The number of benzene rings is 2. The molecule has 1 amide bonds. The molecule has 29 heavy (non-hydrogen) atoms. The van der Waals surface area contributed by atoms with Gasteiger partial charge in [-0.1, -0.05) is 12.5 Å². The Morgan fingerprint density at radius 3 is 2.10 bits per heavy atom. The van der Waals surface area contributed by atoms with E-state index in [2.05, 4.69) is 16.7 Å². The average Bonchev–Trinajstić information content (AvgIpc) is 2.68. The van der Waals surface area contributed by atoms with Crippen molar-refractivity contribution in [3.05, 3.63) is 53.6 Å². The molecule has 1 aliphatic rings. The first-order valence-corrected chi connectivity index (χ1v) is 11.5. The summed E-state index contributed by atoms with van der Waals surface area (Å²) in [6.07, 6.45) is 2.88. The summed E-state index contributed by atoms with van der Waals surface area (Å²) in [7, 11) is -3.46. The molecule has 6 nitrogen and oxygen atoms in total. The van der Waals surface area contributed by atoms with E-state index < -0.39 is 16.1 Å². The number of carbonyl (C=O) groups excluding carboxylic acids is 1. The summed E-state index contributed by atoms with van der Waals surface area (Å²) >= 11 is 0. The molecule has 1 fully saturated rings. The molecule has 2 aromatic carbocycles. The van der Waals surface area contributed by atoms with Crippen molar-refractivity contribution in [3.63, 3.8) is 0 Å². The third kappa shape index (κ3) is 5.36. The number of aryl methyl sites for hydroxylation is 2. The van der Waals surface area contributed by atoms with Crippen LogP contribution in [0.4, 0.5) is 11.4 Å². The molecule has 0 saturated carbocycles. The van der Waals surface area contributed by atoms with Crippen molar-refractivity contribution in [1.82, 2.24) is 4.31 Å². The monoisotopic (exact) mass is 415 g/mol. The van der Waals surface area contributed by atoms with Gasteiger partial charge in [-0.2, -0.15) is 4.31 Å². The molecule has 2 N–H and O–H groups in total. The molecule has 0 radical (unpaired) electrons. The minimum absolute atomic E-state index is 0.184. The summed E-state index contributed by atoms with van der Waals surface area (Å²) in [5.74, 6) is -0.184. The fourth-order valence-corrected chi connectivity index (χ4v) is 5.11. The zero-order valence-corrected chi connectivity index (χ0v) is 18.1. The fraction of sp³-hybridized carbons (Fsp3) is 0.409. The second-order valence-corrected chi connectivity index (χ2v) is 9.66. The molecule has 1 atom stereocenters. The molecule has 1 heterocycles. The first-order valence-electron chi connectivity index (χ1n) is 10.0. The third-order valence-electron chi connectivity index (χ3n) is 5.07. The predicted octanol–water partition coefficient (Wildman–Crippen LogP) is 3.92. The van der Waals surface area contributed by atoms with Crippen molar-refractivity contribution in [2.24, 2.45) is 0 Å². The molecule has 0 aliphatic carbocycles. The highest BCUT2D eigenvalue weighted by molar-refractivity contribution is 7.89. The number of rotatable bonds is 6. The van der Waals surface area contributed by atoms with E-state index in [0.29, 0.717) is 18.8 Å². The van der Waals surface area contributed by atoms with Crippen LogP contribution in [0.15, 0.2) is 47.4 Å². The molecule has 0 aromatic heterocycles. The fourth-order valence-electron chi connectivity index (χ4n) is 3.59. The molecule has 1 saturated heterocycles. The van der Waals surface area contributed by atoms with Crippen molar-refractivity contribution in [2.75, 3.05) is 23.7 Å². The lowest BCUT2D eigenvalue weighted by atomic mass is 10.1. The summed E-state index contributed by atoms with van der Waals surface area (Å²) in [5, 5.41) is 6.05. The quantitative estimate of drug-likeness (QED) is 0.750. The number of amides is 1. The number of sulfonamides is 1. The normalized spacial score (nSPS) is 16.2. The highest BCUT2D eigenvalue weighted by atomic mass is 32.2. The average molecular weight is 416 g/mol. The van der Waals surface area contributed by atoms with Gasteiger partial charge in [-0.15, -0.1) is 0 Å². The maximum absolute atomic E-state index is 12.7. The maximum atomic E-state index is 12.7. The maximum Gasteiger partial charge on any atom is 0.246 e. The van der Waals surface area contributed by atoms with Crippen LogP contribution in [0, 0.1) is 13.8 Å². The number of hydrogen-bond donors (Lipinski definition) is 2. The van der Waals surface area contributed by atoms with Gasteiger partial charge in [0.05, 0.1) is 4.90 Å². The number of anilines is 2. The van der Waals surface area contributed by atoms with Gasteiger partial charge in [0.15, 0.2) is 0 Å². The van der Waals surface area contributed by atoms with Gasteiger partial charge in [0.2, 0.25) is 15.9 Å². The van der Waals surface area contributed by atoms with Gasteiger partial charge in [-0.05, 0) is 81.1 Å². The minimum Gasteiger partial charge on any atom is -0.374 e. The SMILES string of the molecule is Cc1cc(C)cc(N[C@@H](C)C(=O)Nc2ccc(S(=O)(=O)N3CCCCC3)cc2)c1. The third-order valence-corrected chi connectivity index (χ3v) is 6.99.